The molecule has 0 saturated carbocycles. The van der Waals surface area contributed by atoms with Crippen LogP contribution in [0, 0.1) is 5.92 Å². The zero-order chi connectivity index (χ0) is 10.6. The lowest BCUT2D eigenvalue weighted by atomic mass is 9.95. The van der Waals surface area contributed by atoms with Gasteiger partial charge in [0.1, 0.15) is 6.21 Å². The van der Waals surface area contributed by atoms with Crippen LogP contribution in [0.5, 0.6) is 0 Å². The molecule has 14 heavy (non-hydrogen) atoms. The molecule has 0 fully saturated rings. The number of aliphatic imine (C=N–C) groups is 1. The Kier molecular flexibility index (Phi) is 4.44. The van der Waals surface area contributed by atoms with Gasteiger partial charge in [-0.1, -0.05) is 18.3 Å². The smallest absolute Gasteiger partial charge is 0.162 e. The van der Waals surface area contributed by atoms with Crippen LogP contribution in [0.1, 0.15) is 0 Å². The molecule has 1 heterocycles. The number of likely N-dealkylation sites (N-methyl/N-ethyl adjacent to an activating group) is 1. The first kappa shape index (κ1) is 11.6. The quantitative estimate of drug-likeness (QED) is 0.544. The van der Waals surface area contributed by atoms with E-state index in [4.69, 9.17) is 12.2 Å². The van der Waals surface area contributed by atoms with Gasteiger partial charge >= 0.3 is 0 Å². The number of nitrogens with zero attached hydrogens (tertiary/aromatic N) is 1. The second kappa shape index (κ2) is 5.38. The number of carbonyl (C=O) groups excluding carboxylic acids is 1. The predicted octanol–water partition coefficient (Wildman–Crippen LogP) is 0.534. The van der Waals surface area contributed by atoms with E-state index in [0.29, 0.717) is 10.6 Å². The maximum absolute atomic E-state index is 11.8. The summed E-state index contributed by atoms with van der Waals surface area (Å²) in [6.07, 6.45) is 5.85. The van der Waals surface area contributed by atoms with Crippen molar-refractivity contribution in [1.82, 2.24) is 5.32 Å². The zero-order valence-corrected chi connectivity index (χ0v) is 9.44. The second-order valence-electron chi connectivity index (χ2n) is 2.85. The number of carbonyl (C=O) groups is 1. The van der Waals surface area contributed by atoms with Crippen LogP contribution >= 0.6 is 24.8 Å². The summed E-state index contributed by atoms with van der Waals surface area (Å²) in [5.74, 6) is 0.0950. The molecule has 5 heteroatoms. The number of Topliss-reactive ketones (excluding diaryl/α,β-unsaturated/α-hetero) is 1. The molecule has 0 aromatic heterocycles. The van der Waals surface area contributed by atoms with Crippen LogP contribution in [0.25, 0.3) is 0 Å². The molecule has 1 aliphatic rings. The first-order chi connectivity index (χ1) is 6.70. The molecule has 0 bridgehead atoms. The van der Waals surface area contributed by atoms with Gasteiger partial charge in [0.05, 0.1) is 16.8 Å². The summed E-state index contributed by atoms with van der Waals surface area (Å²) in [4.78, 5) is 16.0. The van der Waals surface area contributed by atoms with Gasteiger partial charge in [0.15, 0.2) is 5.78 Å². The molecule has 1 unspecified atom stereocenters. The van der Waals surface area contributed by atoms with Crippen molar-refractivity contribution in [3.63, 3.8) is 0 Å². The van der Waals surface area contributed by atoms with Crippen molar-refractivity contribution in [3.8, 4) is 0 Å². The Morgan fingerprint density at radius 1 is 1.93 bits per heavy atom. The average molecular weight is 227 g/mol. The lowest BCUT2D eigenvalue weighted by molar-refractivity contribution is -0.121. The molecular weight excluding hydrogens is 216 g/mol. The third kappa shape index (κ3) is 2.50. The minimum absolute atomic E-state index is 0.0196. The molecule has 2 atom stereocenters. The zero-order valence-electron chi connectivity index (χ0n) is 7.73. The number of nitrogens with one attached hydrogen (secondary N) is 1. The van der Waals surface area contributed by atoms with Crippen molar-refractivity contribution in [2.45, 2.75) is 6.04 Å². The van der Waals surface area contributed by atoms with E-state index in [2.05, 4.69) is 29.2 Å². The van der Waals surface area contributed by atoms with Gasteiger partial charge in [0.25, 0.3) is 0 Å². The standard InChI is InChI=1S/C9H11N2OS2/c1-10-7(5-13)9(12)6-2-3-11-4-8(6)14/h2-3,6-7,10,13H,5H2,1H3/t6?,7-/m0/s1. The van der Waals surface area contributed by atoms with Gasteiger partial charge in [-0.05, 0) is 7.05 Å². The van der Waals surface area contributed by atoms with Gasteiger partial charge < -0.3 is 5.32 Å². The molecule has 3 nitrogen and oxygen atoms in total. The molecular formula is C9H11N2OS2. The highest BCUT2D eigenvalue weighted by Gasteiger charge is 2.26. The number of thiol groups is 1. The molecule has 0 aromatic carbocycles. The van der Waals surface area contributed by atoms with Gasteiger partial charge in [0, 0.05) is 12.0 Å². The molecule has 0 amide bonds. The van der Waals surface area contributed by atoms with Gasteiger partial charge in [-0.2, -0.15) is 12.6 Å². The Balaban J connectivity index is 2.73. The van der Waals surface area contributed by atoms with E-state index in [1.807, 2.05) is 0 Å². The number of rotatable bonds is 4. The molecule has 1 radical (unpaired) electrons. The van der Waals surface area contributed by atoms with Crippen molar-refractivity contribution in [2.75, 3.05) is 12.8 Å². The third-order valence-corrected chi connectivity index (χ3v) is 2.70. The van der Waals surface area contributed by atoms with Crippen LogP contribution in [0.2, 0.25) is 0 Å². The minimum atomic E-state index is -0.382. The Bertz CT molecular complexity index is 295. The van der Waals surface area contributed by atoms with E-state index >= 15 is 0 Å². The van der Waals surface area contributed by atoms with Crippen molar-refractivity contribution < 1.29 is 4.79 Å². The van der Waals surface area contributed by atoms with E-state index in [0.717, 1.165) is 0 Å². The first-order valence-electron chi connectivity index (χ1n) is 4.19. The van der Waals surface area contributed by atoms with Gasteiger partial charge in [-0.25, -0.2) is 0 Å². The summed E-state index contributed by atoms with van der Waals surface area (Å²) < 4.78 is 0. The number of hydrogen-bond donors (Lipinski definition) is 2. The number of hydrogen-bond acceptors (Lipinski definition) is 5. The summed E-state index contributed by atoms with van der Waals surface area (Å²) in [6.45, 7) is 0. The summed E-state index contributed by atoms with van der Waals surface area (Å²) in [5, 5.41) is 2.89. The van der Waals surface area contributed by atoms with Crippen molar-refractivity contribution in [1.29, 1.82) is 0 Å². The van der Waals surface area contributed by atoms with Gasteiger partial charge in [-0.3, -0.25) is 9.79 Å². The van der Waals surface area contributed by atoms with Gasteiger partial charge in [-0.15, -0.1) is 0 Å². The summed E-state index contributed by atoms with van der Waals surface area (Å²) in [6, 6.07) is -0.272. The molecule has 0 aromatic rings. The normalized spacial score (nSPS) is 22.4. The fraction of sp³-hybridized carbons (Fsp3) is 0.444. The Morgan fingerprint density at radius 3 is 3.14 bits per heavy atom. The maximum Gasteiger partial charge on any atom is 0.162 e. The van der Waals surface area contributed by atoms with Gasteiger partial charge in [0.2, 0.25) is 0 Å². The predicted molar refractivity (Wildman–Crippen MR) is 64.4 cm³/mol. The number of allylic oxidation sites excluding steroid dienone is 1. The lowest BCUT2D eigenvalue weighted by Gasteiger charge is -2.18. The van der Waals surface area contributed by atoms with Crippen LogP contribution < -0.4 is 5.32 Å². The van der Waals surface area contributed by atoms with Crippen molar-refractivity contribution >= 4 is 41.7 Å². The largest absolute Gasteiger partial charge is 0.310 e. The molecule has 0 aliphatic carbocycles. The van der Waals surface area contributed by atoms with E-state index < -0.39 is 0 Å². The lowest BCUT2D eigenvalue weighted by Crippen LogP contribution is -2.42. The molecule has 1 rings (SSSR count). The average Bonchev–Trinajstić information content (AvgIpc) is 2.20. The Hall–Kier alpha value is -0.520. The molecule has 1 aliphatic heterocycles. The van der Waals surface area contributed by atoms with E-state index in [1.54, 1.807) is 19.3 Å². The van der Waals surface area contributed by atoms with E-state index in [9.17, 15) is 4.79 Å². The third-order valence-electron chi connectivity index (χ3n) is 1.99. The summed E-state index contributed by atoms with van der Waals surface area (Å²) in [7, 11) is 1.73. The van der Waals surface area contributed by atoms with Crippen LogP contribution in [0.4, 0.5) is 0 Å². The molecule has 75 valence electrons. The van der Waals surface area contributed by atoms with Crippen molar-refractivity contribution in [3.05, 3.63) is 12.3 Å². The SMILES string of the molecule is CN[C@@H](CS)C(=O)C1C=CN=[C]C1=S. The monoisotopic (exact) mass is 227 g/mol. The van der Waals surface area contributed by atoms with Crippen LogP contribution in [-0.4, -0.2) is 35.7 Å². The van der Waals surface area contributed by atoms with Crippen LogP contribution in [0.3, 0.4) is 0 Å². The Labute approximate surface area is 94.1 Å². The maximum atomic E-state index is 11.8. The molecule has 1 N–H and O–H groups in total. The highest BCUT2D eigenvalue weighted by atomic mass is 32.1. The molecule has 0 spiro atoms. The van der Waals surface area contributed by atoms with Crippen LogP contribution in [-0.2, 0) is 4.79 Å². The Morgan fingerprint density at radius 2 is 2.64 bits per heavy atom. The molecule has 0 saturated heterocycles. The fourth-order valence-electron chi connectivity index (χ4n) is 1.15. The van der Waals surface area contributed by atoms with E-state index in [-0.39, 0.29) is 17.7 Å². The van der Waals surface area contributed by atoms with Crippen molar-refractivity contribution in [2.24, 2.45) is 10.9 Å². The topological polar surface area (TPSA) is 41.5 Å². The second-order valence-corrected chi connectivity index (χ2v) is 3.66. The fourth-order valence-corrected chi connectivity index (χ4v) is 1.76. The highest BCUT2D eigenvalue weighted by molar-refractivity contribution is 7.82. The summed E-state index contributed by atoms with van der Waals surface area (Å²) >= 11 is 9.08. The van der Waals surface area contributed by atoms with Crippen LogP contribution in [0.15, 0.2) is 17.3 Å². The first-order valence-corrected chi connectivity index (χ1v) is 5.23. The number of thiocarbonyl (C=S) groups is 1. The number of ketones is 1. The minimum Gasteiger partial charge on any atom is -0.310 e. The summed E-state index contributed by atoms with van der Waals surface area (Å²) in [5.41, 5.74) is 0. The van der Waals surface area contributed by atoms with E-state index in [1.165, 1.54) is 0 Å². The highest BCUT2D eigenvalue weighted by Crippen LogP contribution is 2.11.